The van der Waals surface area contributed by atoms with E-state index in [4.69, 9.17) is 0 Å². The Morgan fingerprint density at radius 2 is 1.68 bits per heavy atom. The quantitative estimate of drug-likeness (QED) is 0.824. The second-order valence-electron chi connectivity index (χ2n) is 7.19. The molecule has 112 valence electrons. The summed E-state index contributed by atoms with van der Waals surface area (Å²) in [6.45, 7) is 7.70. The maximum absolute atomic E-state index is 10.7. The molecule has 0 atom stereocenters. The molecule has 1 saturated heterocycles. The van der Waals surface area contributed by atoms with Crippen LogP contribution in [0.4, 0.5) is 0 Å². The molecule has 0 spiro atoms. The summed E-state index contributed by atoms with van der Waals surface area (Å²) in [5.41, 5.74) is -0.294. The predicted molar refractivity (Wildman–Crippen MR) is 78.1 cm³/mol. The topological polar surface area (TPSA) is 43.7 Å². The zero-order valence-corrected chi connectivity index (χ0v) is 12.7. The Morgan fingerprint density at radius 1 is 1.11 bits per heavy atom. The number of rotatable bonds is 4. The molecule has 2 N–H and O–H groups in total. The van der Waals surface area contributed by atoms with E-state index in [0.29, 0.717) is 6.61 Å². The van der Waals surface area contributed by atoms with Gasteiger partial charge in [-0.1, -0.05) is 13.8 Å². The molecule has 0 bridgehead atoms. The van der Waals surface area contributed by atoms with Gasteiger partial charge in [0.05, 0.1) is 5.60 Å². The first-order valence-corrected chi connectivity index (χ1v) is 8.06. The van der Waals surface area contributed by atoms with E-state index in [1.54, 1.807) is 0 Å². The van der Waals surface area contributed by atoms with Crippen LogP contribution in [0.3, 0.4) is 0 Å². The van der Waals surface area contributed by atoms with Crippen molar-refractivity contribution >= 4 is 0 Å². The minimum atomic E-state index is -0.446. The molecule has 2 aliphatic rings. The van der Waals surface area contributed by atoms with Gasteiger partial charge in [-0.2, -0.15) is 0 Å². The van der Waals surface area contributed by atoms with Gasteiger partial charge in [0, 0.05) is 13.2 Å². The summed E-state index contributed by atoms with van der Waals surface area (Å²) in [6, 6.07) is 0. The third-order valence-electron chi connectivity index (χ3n) is 5.73. The van der Waals surface area contributed by atoms with Gasteiger partial charge in [-0.15, -0.1) is 0 Å². The second-order valence-corrected chi connectivity index (χ2v) is 7.19. The Morgan fingerprint density at radius 3 is 2.16 bits per heavy atom. The van der Waals surface area contributed by atoms with Crippen molar-refractivity contribution < 1.29 is 10.2 Å². The van der Waals surface area contributed by atoms with E-state index in [2.05, 4.69) is 18.7 Å². The van der Waals surface area contributed by atoms with E-state index >= 15 is 0 Å². The first kappa shape index (κ1) is 15.3. The Labute approximate surface area is 118 Å². The van der Waals surface area contributed by atoms with Gasteiger partial charge in [0.15, 0.2) is 0 Å². The van der Waals surface area contributed by atoms with Crippen LogP contribution in [0.25, 0.3) is 0 Å². The molecule has 0 radical (unpaired) electrons. The lowest BCUT2D eigenvalue weighted by molar-refractivity contribution is -0.0518. The smallest absolute Gasteiger partial charge is 0.0774 e. The van der Waals surface area contributed by atoms with Gasteiger partial charge in [-0.3, -0.25) is 0 Å². The molecular weight excluding hydrogens is 238 g/mol. The van der Waals surface area contributed by atoms with Crippen LogP contribution in [0.15, 0.2) is 0 Å². The minimum Gasteiger partial charge on any atom is -0.396 e. The zero-order chi connectivity index (χ0) is 13.9. The molecule has 2 rings (SSSR count). The van der Waals surface area contributed by atoms with Crippen LogP contribution in [0.5, 0.6) is 0 Å². The normalized spacial score (nSPS) is 36.3. The van der Waals surface area contributed by atoms with Crippen LogP contribution in [-0.4, -0.2) is 47.0 Å². The Bertz CT molecular complexity index is 270. The molecule has 1 heterocycles. The summed E-state index contributed by atoms with van der Waals surface area (Å²) >= 11 is 0. The van der Waals surface area contributed by atoms with E-state index in [9.17, 15) is 10.2 Å². The maximum atomic E-state index is 10.7. The maximum Gasteiger partial charge on any atom is 0.0774 e. The van der Waals surface area contributed by atoms with Crippen molar-refractivity contribution in [2.24, 2.45) is 11.3 Å². The highest BCUT2D eigenvalue weighted by molar-refractivity contribution is 4.91. The first-order valence-electron chi connectivity index (χ1n) is 8.06. The van der Waals surface area contributed by atoms with Gasteiger partial charge >= 0.3 is 0 Å². The van der Waals surface area contributed by atoms with Gasteiger partial charge in [0.2, 0.25) is 0 Å². The van der Waals surface area contributed by atoms with E-state index in [-0.39, 0.29) is 5.41 Å². The lowest BCUT2D eigenvalue weighted by Crippen LogP contribution is -2.50. The SMILES string of the molecule is CCC1(CO)CCN(CC2(O)CCC(C)CC2)CC1. The van der Waals surface area contributed by atoms with Crippen LogP contribution in [0, 0.1) is 11.3 Å². The van der Waals surface area contributed by atoms with Crippen molar-refractivity contribution in [1.29, 1.82) is 0 Å². The van der Waals surface area contributed by atoms with Gasteiger partial charge in [-0.25, -0.2) is 0 Å². The Balaban J connectivity index is 1.82. The van der Waals surface area contributed by atoms with E-state index in [0.717, 1.165) is 57.7 Å². The number of aliphatic hydroxyl groups excluding tert-OH is 1. The number of hydrogen-bond donors (Lipinski definition) is 2. The number of aliphatic hydroxyl groups is 2. The lowest BCUT2D eigenvalue weighted by Gasteiger charge is -2.44. The summed E-state index contributed by atoms with van der Waals surface area (Å²) in [5.74, 6) is 0.781. The highest BCUT2D eigenvalue weighted by Gasteiger charge is 2.37. The largest absolute Gasteiger partial charge is 0.396 e. The lowest BCUT2D eigenvalue weighted by atomic mass is 9.75. The fourth-order valence-electron chi connectivity index (χ4n) is 3.68. The van der Waals surface area contributed by atoms with Crippen LogP contribution >= 0.6 is 0 Å². The van der Waals surface area contributed by atoms with Gasteiger partial charge < -0.3 is 15.1 Å². The van der Waals surface area contributed by atoms with Crippen molar-refractivity contribution in [3.63, 3.8) is 0 Å². The second kappa shape index (κ2) is 6.11. The molecule has 19 heavy (non-hydrogen) atoms. The third-order valence-corrected chi connectivity index (χ3v) is 5.73. The van der Waals surface area contributed by atoms with Crippen molar-refractivity contribution in [2.75, 3.05) is 26.2 Å². The molecular formula is C16H31NO2. The number of likely N-dealkylation sites (tertiary alicyclic amines) is 1. The summed E-state index contributed by atoms with van der Waals surface area (Å²) < 4.78 is 0. The van der Waals surface area contributed by atoms with E-state index in [1.807, 2.05) is 0 Å². The summed E-state index contributed by atoms with van der Waals surface area (Å²) in [5, 5.41) is 20.3. The zero-order valence-electron chi connectivity index (χ0n) is 12.7. The first-order chi connectivity index (χ1) is 9.01. The molecule has 0 aromatic carbocycles. The average molecular weight is 269 g/mol. The number of piperidine rings is 1. The molecule has 0 aromatic rings. The monoisotopic (exact) mass is 269 g/mol. The molecule has 0 unspecified atom stereocenters. The molecule has 0 amide bonds. The molecule has 3 heteroatoms. The van der Waals surface area contributed by atoms with Crippen molar-refractivity contribution in [3.8, 4) is 0 Å². The van der Waals surface area contributed by atoms with Gasteiger partial charge in [0.1, 0.15) is 0 Å². The van der Waals surface area contributed by atoms with Crippen LogP contribution in [-0.2, 0) is 0 Å². The molecule has 1 aliphatic carbocycles. The third kappa shape index (κ3) is 3.71. The number of nitrogens with zero attached hydrogens (tertiary/aromatic N) is 1. The highest BCUT2D eigenvalue weighted by atomic mass is 16.3. The van der Waals surface area contributed by atoms with E-state index in [1.165, 1.54) is 12.8 Å². The molecule has 1 saturated carbocycles. The van der Waals surface area contributed by atoms with Crippen molar-refractivity contribution in [1.82, 2.24) is 4.90 Å². The summed E-state index contributed by atoms with van der Waals surface area (Å²) in [7, 11) is 0. The standard InChI is InChI=1S/C16H31NO2/c1-3-15(13-18)8-10-17(11-9-15)12-16(19)6-4-14(2)5-7-16/h14,18-19H,3-13H2,1-2H3. The highest BCUT2D eigenvalue weighted by Crippen LogP contribution is 2.37. The van der Waals surface area contributed by atoms with E-state index < -0.39 is 5.60 Å². The molecule has 2 fully saturated rings. The molecule has 0 aromatic heterocycles. The summed E-state index contributed by atoms with van der Waals surface area (Å²) in [4.78, 5) is 2.42. The number of hydrogen-bond acceptors (Lipinski definition) is 3. The minimum absolute atomic E-state index is 0.153. The summed E-state index contributed by atoms with van der Waals surface area (Å²) in [6.07, 6.45) is 7.48. The average Bonchev–Trinajstić information content (AvgIpc) is 2.44. The van der Waals surface area contributed by atoms with Crippen molar-refractivity contribution in [2.45, 2.75) is 64.4 Å². The van der Waals surface area contributed by atoms with Gasteiger partial charge in [0.25, 0.3) is 0 Å². The Hall–Kier alpha value is -0.120. The fourth-order valence-corrected chi connectivity index (χ4v) is 3.68. The predicted octanol–water partition coefficient (Wildman–Crippen LogP) is 2.41. The van der Waals surface area contributed by atoms with Crippen LogP contribution in [0.2, 0.25) is 0 Å². The van der Waals surface area contributed by atoms with Crippen LogP contribution < -0.4 is 0 Å². The van der Waals surface area contributed by atoms with Gasteiger partial charge in [-0.05, 0) is 69.4 Å². The number of β-amino-alcohol motifs (C(OH)–C–C–N with tert-alkyl or cyclic N) is 1. The fraction of sp³-hybridized carbons (Fsp3) is 1.00. The molecule has 3 nitrogen and oxygen atoms in total. The van der Waals surface area contributed by atoms with Crippen molar-refractivity contribution in [3.05, 3.63) is 0 Å². The van der Waals surface area contributed by atoms with Crippen LogP contribution in [0.1, 0.15) is 58.8 Å². The molecule has 1 aliphatic heterocycles. The Kier molecular flexibility index (Phi) is 4.91.